The number of likely N-dealkylation sites (tertiary alicyclic amines) is 1. The van der Waals surface area contributed by atoms with E-state index in [4.69, 9.17) is 4.74 Å². The van der Waals surface area contributed by atoms with Gasteiger partial charge >= 0.3 is 13.1 Å². The van der Waals surface area contributed by atoms with Crippen LogP contribution >= 0.6 is 0 Å². The van der Waals surface area contributed by atoms with Gasteiger partial charge in [0, 0.05) is 13.1 Å². The van der Waals surface area contributed by atoms with Crippen LogP contribution in [0.25, 0.3) is 0 Å². The maximum atomic E-state index is 13.0. The van der Waals surface area contributed by atoms with Crippen molar-refractivity contribution < 1.29 is 22.5 Å². The lowest BCUT2D eigenvalue weighted by Gasteiger charge is -2.38. The van der Waals surface area contributed by atoms with Gasteiger partial charge in [-0.1, -0.05) is 12.3 Å². The van der Waals surface area contributed by atoms with E-state index in [-0.39, 0.29) is 18.9 Å². The summed E-state index contributed by atoms with van der Waals surface area (Å²) >= 11 is 0. The quantitative estimate of drug-likeness (QED) is 0.680. The monoisotopic (exact) mass is 264 g/mol. The zero-order valence-electron chi connectivity index (χ0n) is 10.9. The topological polar surface area (TPSA) is 29.5 Å². The molecule has 0 aromatic carbocycles. The Balaban J connectivity index is 2.03. The van der Waals surface area contributed by atoms with E-state index in [1.807, 2.05) is 0 Å². The smallest absolute Gasteiger partial charge is 0.448 e. The van der Waals surface area contributed by atoms with Crippen molar-refractivity contribution in [2.24, 2.45) is 5.92 Å². The molecule has 2 fully saturated rings. The summed E-state index contributed by atoms with van der Waals surface area (Å²) in [6.45, 7) is 0.373. The first-order valence-electron chi connectivity index (χ1n) is 6.22. The number of carbonyl (C=O) groups is 1. The van der Waals surface area contributed by atoms with Crippen LogP contribution in [0.1, 0.15) is 33.6 Å². The molecule has 0 aromatic heterocycles. The molecule has 3 nitrogen and oxygen atoms in total. The van der Waals surface area contributed by atoms with E-state index in [1.165, 1.54) is 4.90 Å². The molecule has 2 rings (SSSR count). The van der Waals surface area contributed by atoms with Gasteiger partial charge in [0.15, 0.2) is 0 Å². The highest BCUT2D eigenvalue weighted by atomic mass is 19.4. The van der Waals surface area contributed by atoms with E-state index in [1.54, 1.807) is 20.8 Å². The Hall–Kier alpha value is -0.875. The third-order valence-corrected chi connectivity index (χ3v) is 3.82. The lowest BCUT2D eigenvalue weighted by atomic mass is 9.65. The lowest BCUT2D eigenvalue weighted by Crippen LogP contribution is -2.46. The third-order valence-electron chi connectivity index (χ3n) is 3.82. The summed E-state index contributed by atoms with van der Waals surface area (Å²) in [4.78, 5) is 13.0. The van der Waals surface area contributed by atoms with E-state index >= 15 is 0 Å². The van der Waals surface area contributed by atoms with Gasteiger partial charge in [0.25, 0.3) is 0 Å². The molecule has 1 saturated heterocycles. The van der Waals surface area contributed by atoms with Crippen LogP contribution in [0.5, 0.6) is 0 Å². The summed E-state index contributed by atoms with van der Waals surface area (Å²) in [5.41, 5.74) is -0.673. The van der Waals surface area contributed by atoms with Crippen molar-refractivity contribution in [2.75, 3.05) is 13.1 Å². The molecule has 104 valence electrons. The minimum absolute atomic E-state index is 0.176. The Morgan fingerprint density at radius 3 is 2.50 bits per heavy atom. The standard InChI is InChI=1S/C11H18BF3NO2/c1-10(2,3)18-9(17)16-5-4-8-6-11(8,7-16)12(13,14)15/h8H,4-7H2,1-3H3/q-1. The highest BCUT2D eigenvalue weighted by Crippen LogP contribution is 2.70. The second-order valence-electron chi connectivity index (χ2n) is 6.40. The maximum absolute atomic E-state index is 13.0. The van der Waals surface area contributed by atoms with Gasteiger partial charge in [-0.25, -0.2) is 4.79 Å². The van der Waals surface area contributed by atoms with Crippen LogP contribution in [0.2, 0.25) is 5.31 Å². The molecule has 0 N–H and O–H groups in total. The number of amides is 1. The molecule has 2 unspecified atom stereocenters. The number of hydrogen-bond donors (Lipinski definition) is 0. The molecular weight excluding hydrogens is 246 g/mol. The molecule has 1 heterocycles. The molecule has 0 radical (unpaired) electrons. The summed E-state index contributed by atoms with van der Waals surface area (Å²) in [7, 11) is 0. The fraction of sp³-hybridized carbons (Fsp3) is 0.909. The highest BCUT2D eigenvalue weighted by molar-refractivity contribution is 6.63. The number of carbonyl (C=O) groups excluding carboxylic acids is 1. The van der Waals surface area contributed by atoms with Gasteiger partial charge < -0.3 is 22.6 Å². The van der Waals surface area contributed by atoms with Crippen molar-refractivity contribution in [3.8, 4) is 0 Å². The molecule has 2 atom stereocenters. The molecule has 0 aromatic rings. The predicted octanol–water partition coefficient (Wildman–Crippen LogP) is 3.23. The van der Waals surface area contributed by atoms with Crippen molar-refractivity contribution >= 4 is 13.1 Å². The number of nitrogens with zero attached hydrogens (tertiary/aromatic N) is 1. The minimum Gasteiger partial charge on any atom is -0.448 e. The van der Waals surface area contributed by atoms with Gasteiger partial charge in [0.2, 0.25) is 0 Å². The molecule has 2 aliphatic rings. The van der Waals surface area contributed by atoms with Crippen LogP contribution in [-0.4, -0.2) is 36.7 Å². The third kappa shape index (κ3) is 2.31. The molecule has 0 spiro atoms. The van der Waals surface area contributed by atoms with E-state index in [0.29, 0.717) is 13.0 Å². The minimum atomic E-state index is -4.89. The van der Waals surface area contributed by atoms with E-state index in [2.05, 4.69) is 0 Å². The zero-order valence-corrected chi connectivity index (χ0v) is 10.9. The van der Waals surface area contributed by atoms with Crippen LogP contribution in [0.15, 0.2) is 0 Å². The van der Waals surface area contributed by atoms with E-state index < -0.39 is 24.0 Å². The van der Waals surface area contributed by atoms with Gasteiger partial charge in [-0.2, -0.15) is 0 Å². The van der Waals surface area contributed by atoms with Crippen molar-refractivity contribution in [1.82, 2.24) is 4.90 Å². The fourth-order valence-electron chi connectivity index (χ4n) is 2.72. The first-order chi connectivity index (χ1) is 8.05. The Morgan fingerprint density at radius 1 is 1.39 bits per heavy atom. The number of piperidine rings is 1. The van der Waals surface area contributed by atoms with Crippen LogP contribution < -0.4 is 0 Å². The van der Waals surface area contributed by atoms with E-state index in [0.717, 1.165) is 0 Å². The second kappa shape index (κ2) is 3.81. The Morgan fingerprint density at radius 2 is 2.00 bits per heavy atom. The maximum Gasteiger partial charge on any atom is 0.486 e. The zero-order chi connectivity index (χ0) is 13.8. The molecular formula is C11H18BF3NO2-. The molecule has 7 heteroatoms. The lowest BCUT2D eigenvalue weighted by molar-refractivity contribution is 0.0202. The largest absolute Gasteiger partial charge is 0.486 e. The second-order valence-corrected chi connectivity index (χ2v) is 6.40. The molecule has 1 aliphatic carbocycles. The molecule has 1 amide bonds. The first kappa shape index (κ1) is 13.6. The van der Waals surface area contributed by atoms with Crippen LogP contribution in [0.3, 0.4) is 0 Å². The fourth-order valence-corrected chi connectivity index (χ4v) is 2.72. The number of rotatable bonds is 1. The van der Waals surface area contributed by atoms with Gasteiger partial charge in [-0.05, 0) is 32.5 Å². The SMILES string of the molecule is CC(C)(C)OC(=O)N1CCC2CC2([B-](F)(F)F)C1. The summed E-state index contributed by atoms with van der Waals surface area (Å²) in [5.74, 6) is -0.281. The Labute approximate surface area is 105 Å². The predicted molar refractivity (Wildman–Crippen MR) is 62.3 cm³/mol. The molecule has 1 aliphatic heterocycles. The normalized spacial score (nSPS) is 31.9. The van der Waals surface area contributed by atoms with Crippen LogP contribution in [0.4, 0.5) is 17.7 Å². The van der Waals surface area contributed by atoms with Gasteiger partial charge in [-0.15, -0.1) is 0 Å². The molecule has 18 heavy (non-hydrogen) atoms. The average molecular weight is 264 g/mol. The number of ether oxygens (including phenoxy) is 1. The van der Waals surface area contributed by atoms with Crippen LogP contribution in [0, 0.1) is 5.92 Å². The Bertz CT molecular complexity index is 366. The number of halogens is 3. The van der Waals surface area contributed by atoms with Crippen molar-refractivity contribution in [3.63, 3.8) is 0 Å². The average Bonchev–Trinajstić information content (AvgIpc) is 2.87. The van der Waals surface area contributed by atoms with Crippen molar-refractivity contribution in [3.05, 3.63) is 0 Å². The van der Waals surface area contributed by atoms with Crippen molar-refractivity contribution in [1.29, 1.82) is 0 Å². The Kier molecular flexibility index (Phi) is 2.87. The number of hydrogen-bond acceptors (Lipinski definition) is 2. The van der Waals surface area contributed by atoms with Crippen molar-refractivity contribution in [2.45, 2.75) is 44.5 Å². The van der Waals surface area contributed by atoms with Crippen LogP contribution in [-0.2, 0) is 4.74 Å². The van der Waals surface area contributed by atoms with Gasteiger partial charge in [0.05, 0.1) is 0 Å². The summed E-state index contributed by atoms with van der Waals surface area (Å²) < 4.78 is 44.2. The summed E-state index contributed by atoms with van der Waals surface area (Å²) in [5, 5.41) is -1.60. The first-order valence-corrected chi connectivity index (χ1v) is 6.22. The van der Waals surface area contributed by atoms with E-state index in [9.17, 15) is 17.7 Å². The van der Waals surface area contributed by atoms with Gasteiger partial charge in [0.1, 0.15) is 5.60 Å². The molecule has 1 saturated carbocycles. The van der Waals surface area contributed by atoms with Gasteiger partial charge in [-0.3, -0.25) is 0 Å². The highest BCUT2D eigenvalue weighted by Gasteiger charge is 2.67. The summed E-state index contributed by atoms with van der Waals surface area (Å²) in [6.07, 6.45) is -0.0247. The molecule has 0 bridgehead atoms. The number of fused-ring (bicyclic) bond motifs is 1. The summed E-state index contributed by atoms with van der Waals surface area (Å²) in [6, 6.07) is 0.